The van der Waals surface area contributed by atoms with E-state index in [1.54, 1.807) is 16.6 Å². The number of nitrogens with zero attached hydrogens (tertiary/aromatic N) is 5. The maximum Gasteiger partial charge on any atom is 0.410 e. The molecule has 4 rings (SSSR count). The number of rotatable bonds is 7. The van der Waals surface area contributed by atoms with Gasteiger partial charge in [0.05, 0.1) is 23.4 Å². The Balaban J connectivity index is 1.44. The number of aliphatic carboxylic acids is 1. The van der Waals surface area contributed by atoms with Crippen LogP contribution in [-0.4, -0.2) is 60.7 Å². The van der Waals surface area contributed by atoms with E-state index in [-0.39, 0.29) is 30.8 Å². The van der Waals surface area contributed by atoms with Gasteiger partial charge in [-0.3, -0.25) is 4.79 Å². The summed E-state index contributed by atoms with van der Waals surface area (Å²) in [6.45, 7) is 4.72. The Kier molecular flexibility index (Phi) is 7.33. The van der Waals surface area contributed by atoms with Crippen LogP contribution in [0.4, 0.5) is 4.79 Å². The van der Waals surface area contributed by atoms with Crippen molar-refractivity contribution >= 4 is 12.1 Å². The van der Waals surface area contributed by atoms with E-state index >= 15 is 0 Å². The second-order valence-electron chi connectivity index (χ2n) is 9.18. The van der Waals surface area contributed by atoms with Crippen LogP contribution in [0.5, 0.6) is 5.75 Å². The van der Waals surface area contributed by atoms with Crippen molar-refractivity contribution in [2.24, 2.45) is 13.0 Å². The van der Waals surface area contributed by atoms with Gasteiger partial charge in [0, 0.05) is 19.6 Å². The fraction of sp³-hybridized carbons (Fsp3) is 0.625. The fourth-order valence-electron chi connectivity index (χ4n) is 4.91. The van der Waals surface area contributed by atoms with Crippen molar-refractivity contribution in [3.63, 3.8) is 0 Å². The number of aromatic nitrogens is 4. The van der Waals surface area contributed by atoms with E-state index in [1.807, 2.05) is 19.1 Å². The summed E-state index contributed by atoms with van der Waals surface area (Å²) in [7, 11) is 1.76. The van der Waals surface area contributed by atoms with Gasteiger partial charge in [-0.25, -0.2) is 14.5 Å². The molecule has 0 spiro atoms. The first-order chi connectivity index (χ1) is 16.4. The zero-order chi connectivity index (χ0) is 24.2. The first-order valence-corrected chi connectivity index (χ1v) is 12.1. The second kappa shape index (κ2) is 10.4. The van der Waals surface area contributed by atoms with E-state index in [2.05, 4.69) is 22.2 Å². The first kappa shape index (κ1) is 24.0. The minimum absolute atomic E-state index is 0.0578. The summed E-state index contributed by atoms with van der Waals surface area (Å²) >= 11 is 0. The van der Waals surface area contributed by atoms with Gasteiger partial charge in [-0.15, -0.1) is 5.10 Å². The number of ether oxygens (including phenoxy) is 2. The van der Waals surface area contributed by atoms with Gasteiger partial charge in [-0.2, -0.15) is 0 Å². The van der Waals surface area contributed by atoms with Gasteiger partial charge in [-0.1, -0.05) is 12.1 Å². The molecule has 2 aromatic heterocycles. The van der Waals surface area contributed by atoms with Crippen LogP contribution < -0.4 is 4.74 Å². The van der Waals surface area contributed by atoms with Crippen LogP contribution in [0.3, 0.4) is 0 Å². The molecular weight excluding hydrogens is 438 g/mol. The third-order valence-electron chi connectivity index (χ3n) is 6.91. The van der Waals surface area contributed by atoms with Crippen molar-refractivity contribution < 1.29 is 24.2 Å². The molecule has 1 saturated heterocycles. The normalized spacial score (nSPS) is 22.6. The lowest BCUT2D eigenvalue weighted by molar-refractivity contribution is -0.143. The molecule has 184 valence electrons. The lowest BCUT2D eigenvalue weighted by Gasteiger charge is -2.27. The minimum Gasteiger partial charge on any atom is -0.489 e. The molecule has 0 bridgehead atoms. The zero-order valence-corrected chi connectivity index (χ0v) is 20.1. The average molecular weight is 472 g/mol. The monoisotopic (exact) mass is 471 g/mol. The van der Waals surface area contributed by atoms with E-state index in [0.29, 0.717) is 41.4 Å². The van der Waals surface area contributed by atoms with Crippen LogP contribution in [0.15, 0.2) is 12.1 Å². The predicted octanol–water partition coefficient (Wildman–Crippen LogP) is 3.72. The molecule has 1 aliphatic carbocycles. The number of likely N-dealkylation sites (tertiary alicyclic amines) is 1. The Bertz CT molecular complexity index is 1040. The lowest BCUT2D eigenvalue weighted by atomic mass is 9.87. The summed E-state index contributed by atoms with van der Waals surface area (Å²) in [5.74, 6) is -0.482. The van der Waals surface area contributed by atoms with Crippen molar-refractivity contribution in [2.45, 2.75) is 77.5 Å². The van der Waals surface area contributed by atoms with E-state index in [4.69, 9.17) is 9.47 Å². The second-order valence-corrected chi connectivity index (χ2v) is 9.18. The lowest BCUT2D eigenvalue weighted by Crippen LogP contribution is -2.35. The first-order valence-electron chi connectivity index (χ1n) is 12.1. The summed E-state index contributed by atoms with van der Waals surface area (Å²) < 4.78 is 13.3. The fourth-order valence-corrected chi connectivity index (χ4v) is 4.91. The standard InChI is InChI=1S/C24H33N5O5/c1-4-17-8-6-12-29(17)24(32)33-14-20-22(26-27-28(20)3)19-10-11-21(15(2)25-19)34-18-9-5-7-16(13-18)23(30)31/h10-11,16-18H,4-9,12-14H2,1-3H3,(H,30,31)/t16-,17?,18-/m0/s1. The molecule has 3 heterocycles. The molecule has 2 aromatic rings. The molecule has 2 aliphatic rings. The van der Waals surface area contributed by atoms with Gasteiger partial charge in [0.1, 0.15) is 23.7 Å². The Morgan fingerprint density at radius 2 is 2.03 bits per heavy atom. The summed E-state index contributed by atoms with van der Waals surface area (Å²) in [4.78, 5) is 30.4. The van der Waals surface area contributed by atoms with Crippen LogP contribution in [0.1, 0.15) is 63.3 Å². The molecule has 10 heteroatoms. The number of pyridine rings is 1. The quantitative estimate of drug-likeness (QED) is 0.649. The van der Waals surface area contributed by atoms with Gasteiger partial charge in [0.2, 0.25) is 0 Å². The molecule has 3 atom stereocenters. The molecule has 1 aliphatic heterocycles. The van der Waals surface area contributed by atoms with Gasteiger partial charge >= 0.3 is 12.1 Å². The van der Waals surface area contributed by atoms with Crippen LogP contribution in [-0.2, 0) is 23.2 Å². The number of hydrogen-bond donors (Lipinski definition) is 1. The van der Waals surface area contributed by atoms with Crippen LogP contribution in [0.25, 0.3) is 11.4 Å². The zero-order valence-electron chi connectivity index (χ0n) is 20.1. The average Bonchev–Trinajstić information content (AvgIpc) is 3.45. The summed E-state index contributed by atoms with van der Waals surface area (Å²) in [6, 6.07) is 3.88. The molecule has 1 N–H and O–H groups in total. The van der Waals surface area contributed by atoms with Crippen molar-refractivity contribution in [1.82, 2.24) is 24.9 Å². The molecule has 0 radical (unpaired) electrons. The minimum atomic E-state index is -0.760. The van der Waals surface area contributed by atoms with Crippen LogP contribution in [0, 0.1) is 12.8 Å². The Morgan fingerprint density at radius 1 is 1.21 bits per heavy atom. The number of hydrogen-bond acceptors (Lipinski definition) is 7. The number of carboxylic acid groups (broad SMARTS) is 1. The maximum absolute atomic E-state index is 12.6. The summed E-state index contributed by atoms with van der Waals surface area (Å²) in [5.41, 5.74) is 2.52. The van der Waals surface area contributed by atoms with E-state index in [9.17, 15) is 14.7 Å². The van der Waals surface area contributed by atoms with E-state index in [0.717, 1.165) is 38.6 Å². The number of carboxylic acids is 1. The number of carbonyl (C=O) groups excluding carboxylic acids is 1. The molecule has 1 amide bonds. The van der Waals surface area contributed by atoms with Gasteiger partial charge < -0.3 is 19.5 Å². The highest BCUT2D eigenvalue weighted by molar-refractivity contribution is 5.70. The van der Waals surface area contributed by atoms with E-state index in [1.165, 1.54) is 0 Å². The van der Waals surface area contributed by atoms with Gasteiger partial charge in [-0.05, 0) is 64.0 Å². The highest BCUT2D eigenvalue weighted by Gasteiger charge is 2.30. The summed E-state index contributed by atoms with van der Waals surface area (Å²) in [6.07, 6.45) is 5.37. The molecule has 2 fully saturated rings. The topological polar surface area (TPSA) is 120 Å². The van der Waals surface area contributed by atoms with E-state index < -0.39 is 5.97 Å². The highest BCUT2D eigenvalue weighted by Crippen LogP contribution is 2.30. The third-order valence-corrected chi connectivity index (χ3v) is 6.91. The molecule has 1 unspecified atom stereocenters. The third kappa shape index (κ3) is 5.15. The molecular formula is C24H33N5O5. The number of carbonyl (C=O) groups is 2. The van der Waals surface area contributed by atoms with Crippen molar-refractivity contribution in [3.8, 4) is 17.1 Å². The molecule has 0 aromatic carbocycles. The Hall–Kier alpha value is -3.17. The molecule has 34 heavy (non-hydrogen) atoms. The smallest absolute Gasteiger partial charge is 0.410 e. The predicted molar refractivity (Wildman–Crippen MR) is 123 cm³/mol. The molecule has 1 saturated carbocycles. The van der Waals surface area contributed by atoms with Crippen molar-refractivity contribution in [3.05, 3.63) is 23.5 Å². The van der Waals surface area contributed by atoms with Gasteiger partial charge in [0.25, 0.3) is 0 Å². The summed E-state index contributed by atoms with van der Waals surface area (Å²) in [5, 5.41) is 17.7. The van der Waals surface area contributed by atoms with Crippen LogP contribution in [0.2, 0.25) is 0 Å². The number of aryl methyl sites for hydroxylation is 2. The largest absolute Gasteiger partial charge is 0.489 e. The van der Waals surface area contributed by atoms with Gasteiger partial charge in [0.15, 0.2) is 0 Å². The Morgan fingerprint density at radius 3 is 2.76 bits per heavy atom. The van der Waals surface area contributed by atoms with Crippen molar-refractivity contribution in [1.29, 1.82) is 0 Å². The SMILES string of the molecule is CCC1CCCN1C(=O)OCc1c(-c2ccc(O[C@H]3CCC[C@H](C(=O)O)C3)c(C)n2)nnn1C. The maximum atomic E-state index is 12.6. The number of amides is 1. The highest BCUT2D eigenvalue weighted by atomic mass is 16.6. The van der Waals surface area contributed by atoms with Crippen LogP contribution >= 0.6 is 0 Å². The Labute approximate surface area is 199 Å². The van der Waals surface area contributed by atoms with Crippen molar-refractivity contribution in [2.75, 3.05) is 6.54 Å². The molecule has 10 nitrogen and oxygen atoms in total.